The smallest absolute Gasteiger partial charge is 0.0724 e. The highest BCUT2D eigenvalue weighted by atomic mass is 16.5. The molecule has 1 nitrogen and oxygen atoms in total. The van der Waals surface area contributed by atoms with Gasteiger partial charge in [0.2, 0.25) is 0 Å². The Hall–Kier alpha value is -1.60. The van der Waals surface area contributed by atoms with Crippen LogP contribution in [0, 0.1) is 0 Å². The maximum Gasteiger partial charge on any atom is 0.0724 e. The van der Waals surface area contributed by atoms with E-state index in [4.69, 9.17) is 4.74 Å². The van der Waals surface area contributed by atoms with Gasteiger partial charge in [-0.05, 0) is 50.3 Å². The molecule has 0 heterocycles. The second-order valence-corrected chi connectivity index (χ2v) is 6.20. The van der Waals surface area contributed by atoms with Crippen molar-refractivity contribution in [2.45, 2.75) is 45.8 Å². The molecule has 2 aromatic carbocycles. The van der Waals surface area contributed by atoms with Crippen molar-refractivity contribution < 1.29 is 4.74 Å². The molecule has 0 N–H and O–H groups in total. The van der Waals surface area contributed by atoms with E-state index in [9.17, 15) is 0 Å². The van der Waals surface area contributed by atoms with Crippen LogP contribution in [0.25, 0.3) is 0 Å². The molecule has 0 radical (unpaired) electrons. The average molecular weight is 268 g/mol. The SMILES string of the molecule is CC(C)(C)OCc1ccc(CCc2ccccc2)cc1. The van der Waals surface area contributed by atoms with Crippen LogP contribution in [-0.2, 0) is 24.2 Å². The number of rotatable bonds is 5. The van der Waals surface area contributed by atoms with Gasteiger partial charge >= 0.3 is 0 Å². The van der Waals surface area contributed by atoms with E-state index in [0.717, 1.165) is 12.8 Å². The minimum Gasteiger partial charge on any atom is -0.371 e. The van der Waals surface area contributed by atoms with Crippen LogP contribution in [0.3, 0.4) is 0 Å². The Morgan fingerprint density at radius 2 is 1.20 bits per heavy atom. The quantitative estimate of drug-likeness (QED) is 0.757. The van der Waals surface area contributed by atoms with Gasteiger partial charge in [0.25, 0.3) is 0 Å². The van der Waals surface area contributed by atoms with E-state index in [-0.39, 0.29) is 5.60 Å². The fourth-order valence-corrected chi connectivity index (χ4v) is 2.04. The summed E-state index contributed by atoms with van der Waals surface area (Å²) in [5.41, 5.74) is 3.94. The van der Waals surface area contributed by atoms with Crippen LogP contribution in [-0.4, -0.2) is 5.60 Å². The summed E-state index contributed by atoms with van der Waals surface area (Å²) in [6.07, 6.45) is 2.18. The van der Waals surface area contributed by atoms with Gasteiger partial charge in [-0.25, -0.2) is 0 Å². The summed E-state index contributed by atoms with van der Waals surface area (Å²) >= 11 is 0. The third-order valence-electron chi connectivity index (χ3n) is 3.24. The van der Waals surface area contributed by atoms with Gasteiger partial charge in [-0.3, -0.25) is 0 Å². The molecule has 0 spiro atoms. The molecule has 1 heteroatoms. The largest absolute Gasteiger partial charge is 0.371 e. The van der Waals surface area contributed by atoms with Crippen molar-refractivity contribution in [1.29, 1.82) is 0 Å². The maximum absolute atomic E-state index is 5.78. The van der Waals surface area contributed by atoms with Gasteiger partial charge in [-0.1, -0.05) is 54.6 Å². The molecule has 0 unspecified atom stereocenters. The molecule has 0 bridgehead atoms. The number of benzene rings is 2. The summed E-state index contributed by atoms with van der Waals surface area (Å²) in [5.74, 6) is 0. The first-order chi connectivity index (χ1) is 9.53. The molecule has 0 atom stereocenters. The Morgan fingerprint density at radius 1 is 0.700 bits per heavy atom. The Balaban J connectivity index is 1.85. The third kappa shape index (κ3) is 5.18. The van der Waals surface area contributed by atoms with Crippen LogP contribution in [0.15, 0.2) is 54.6 Å². The number of hydrogen-bond donors (Lipinski definition) is 0. The van der Waals surface area contributed by atoms with Crippen molar-refractivity contribution in [2.75, 3.05) is 0 Å². The lowest BCUT2D eigenvalue weighted by molar-refractivity contribution is -0.0149. The molecule has 0 aliphatic rings. The first-order valence-corrected chi connectivity index (χ1v) is 7.29. The first-order valence-electron chi connectivity index (χ1n) is 7.29. The lowest BCUT2D eigenvalue weighted by atomic mass is 10.0. The third-order valence-corrected chi connectivity index (χ3v) is 3.24. The highest BCUT2D eigenvalue weighted by molar-refractivity contribution is 5.24. The molecule has 0 saturated heterocycles. The Labute approximate surface area is 122 Å². The predicted octanol–water partition coefficient (Wildman–Crippen LogP) is 4.79. The fourth-order valence-electron chi connectivity index (χ4n) is 2.04. The summed E-state index contributed by atoms with van der Waals surface area (Å²) < 4.78 is 5.78. The van der Waals surface area contributed by atoms with Crippen molar-refractivity contribution in [2.24, 2.45) is 0 Å². The molecule has 0 amide bonds. The molecule has 106 valence electrons. The standard InChI is InChI=1S/C19H24O/c1-19(2,3)20-15-18-13-11-17(12-14-18)10-9-16-7-5-4-6-8-16/h4-8,11-14H,9-10,15H2,1-3H3. The van der Waals surface area contributed by atoms with Crippen LogP contribution in [0.1, 0.15) is 37.5 Å². The zero-order valence-corrected chi connectivity index (χ0v) is 12.7. The van der Waals surface area contributed by atoms with Crippen LogP contribution in [0.2, 0.25) is 0 Å². The highest BCUT2D eigenvalue weighted by Crippen LogP contribution is 2.13. The zero-order valence-electron chi connectivity index (χ0n) is 12.7. The molecule has 2 rings (SSSR count). The van der Waals surface area contributed by atoms with E-state index in [1.54, 1.807) is 0 Å². The van der Waals surface area contributed by atoms with Gasteiger partial charge in [-0.15, -0.1) is 0 Å². The average Bonchev–Trinajstić information content (AvgIpc) is 2.44. The van der Waals surface area contributed by atoms with Crippen LogP contribution < -0.4 is 0 Å². The second kappa shape index (κ2) is 6.71. The van der Waals surface area contributed by atoms with E-state index in [0.29, 0.717) is 6.61 Å². The molecule has 0 aromatic heterocycles. The predicted molar refractivity (Wildman–Crippen MR) is 84.8 cm³/mol. The second-order valence-electron chi connectivity index (χ2n) is 6.20. The Morgan fingerprint density at radius 3 is 1.75 bits per heavy atom. The van der Waals surface area contributed by atoms with Crippen molar-refractivity contribution >= 4 is 0 Å². The van der Waals surface area contributed by atoms with Gasteiger partial charge in [0, 0.05) is 0 Å². The first kappa shape index (κ1) is 14.8. The Kier molecular flexibility index (Phi) is 4.97. The molecular weight excluding hydrogens is 244 g/mol. The number of hydrogen-bond acceptors (Lipinski definition) is 1. The number of aryl methyl sites for hydroxylation is 2. The van der Waals surface area contributed by atoms with Gasteiger partial charge in [0.05, 0.1) is 12.2 Å². The van der Waals surface area contributed by atoms with E-state index < -0.39 is 0 Å². The van der Waals surface area contributed by atoms with E-state index in [1.807, 2.05) is 0 Å². The lowest BCUT2D eigenvalue weighted by Crippen LogP contribution is -2.18. The van der Waals surface area contributed by atoms with Gasteiger partial charge < -0.3 is 4.74 Å². The molecule has 0 saturated carbocycles. The molecule has 0 fully saturated rings. The van der Waals surface area contributed by atoms with Crippen LogP contribution in [0.5, 0.6) is 0 Å². The molecule has 2 aromatic rings. The van der Waals surface area contributed by atoms with Crippen LogP contribution in [0.4, 0.5) is 0 Å². The summed E-state index contributed by atoms with van der Waals surface area (Å²) in [6.45, 7) is 6.94. The van der Waals surface area contributed by atoms with E-state index >= 15 is 0 Å². The summed E-state index contributed by atoms with van der Waals surface area (Å²) in [4.78, 5) is 0. The molecular formula is C19H24O. The minimum absolute atomic E-state index is 0.0774. The number of ether oxygens (including phenoxy) is 1. The topological polar surface area (TPSA) is 9.23 Å². The molecule has 20 heavy (non-hydrogen) atoms. The monoisotopic (exact) mass is 268 g/mol. The van der Waals surface area contributed by atoms with Crippen molar-refractivity contribution in [3.05, 3.63) is 71.3 Å². The van der Waals surface area contributed by atoms with Crippen LogP contribution >= 0.6 is 0 Å². The Bertz CT molecular complexity index is 506. The van der Waals surface area contributed by atoms with Crippen molar-refractivity contribution in [1.82, 2.24) is 0 Å². The minimum atomic E-state index is -0.0774. The normalized spacial score (nSPS) is 11.6. The van der Waals surface area contributed by atoms with Gasteiger partial charge in [-0.2, -0.15) is 0 Å². The maximum atomic E-state index is 5.78. The van der Waals surface area contributed by atoms with E-state index in [2.05, 4.69) is 75.4 Å². The molecule has 0 aliphatic heterocycles. The van der Waals surface area contributed by atoms with Gasteiger partial charge in [0.1, 0.15) is 0 Å². The lowest BCUT2D eigenvalue weighted by Gasteiger charge is -2.19. The summed E-state index contributed by atoms with van der Waals surface area (Å²) in [7, 11) is 0. The fraction of sp³-hybridized carbons (Fsp3) is 0.368. The zero-order chi connectivity index (χ0) is 14.4. The van der Waals surface area contributed by atoms with Crippen molar-refractivity contribution in [3.63, 3.8) is 0 Å². The molecule has 0 aliphatic carbocycles. The highest BCUT2D eigenvalue weighted by Gasteiger charge is 2.09. The summed E-state index contributed by atoms with van der Waals surface area (Å²) in [6, 6.07) is 19.4. The van der Waals surface area contributed by atoms with Crippen molar-refractivity contribution in [3.8, 4) is 0 Å². The summed E-state index contributed by atoms with van der Waals surface area (Å²) in [5, 5.41) is 0. The van der Waals surface area contributed by atoms with E-state index in [1.165, 1.54) is 16.7 Å². The van der Waals surface area contributed by atoms with Gasteiger partial charge in [0.15, 0.2) is 0 Å².